The molecule has 1 heterocycles. The Hall–Kier alpha value is -1.77. The summed E-state index contributed by atoms with van der Waals surface area (Å²) in [6.07, 6.45) is 1.09. The molecule has 0 amide bonds. The average Bonchev–Trinajstić information content (AvgIpc) is 2.75. The van der Waals surface area contributed by atoms with E-state index < -0.39 is 10.0 Å². The van der Waals surface area contributed by atoms with E-state index in [1.165, 1.54) is 4.31 Å². The second kappa shape index (κ2) is 10.8. The van der Waals surface area contributed by atoms with E-state index in [4.69, 9.17) is 4.74 Å². The minimum absolute atomic E-state index is 0.326. The number of hydrogen-bond acceptors (Lipinski definition) is 5. The molecule has 1 aliphatic rings. The zero-order valence-electron chi connectivity index (χ0n) is 17.1. The van der Waals surface area contributed by atoms with Crippen LogP contribution in [0.2, 0.25) is 0 Å². The summed E-state index contributed by atoms with van der Waals surface area (Å²) in [5.74, 6) is 0. The molecule has 1 fully saturated rings. The molecular formula is C22H31N3O3S. The fraction of sp³-hybridized carbons (Fsp3) is 0.455. The number of rotatable bonds is 10. The number of hydrogen-bond donors (Lipinski definition) is 1. The zero-order chi connectivity index (χ0) is 20.5. The van der Waals surface area contributed by atoms with Crippen molar-refractivity contribution in [3.05, 3.63) is 65.7 Å². The van der Waals surface area contributed by atoms with Gasteiger partial charge in [0, 0.05) is 33.2 Å². The van der Waals surface area contributed by atoms with Gasteiger partial charge in [0.25, 0.3) is 0 Å². The second-order valence-corrected chi connectivity index (χ2v) is 9.42. The van der Waals surface area contributed by atoms with Gasteiger partial charge in [-0.3, -0.25) is 4.90 Å². The molecule has 2 aromatic carbocycles. The van der Waals surface area contributed by atoms with Gasteiger partial charge in [-0.15, -0.1) is 0 Å². The first-order valence-electron chi connectivity index (χ1n) is 10.2. The molecule has 6 nitrogen and oxygen atoms in total. The Kier molecular flexibility index (Phi) is 8.20. The Morgan fingerprint density at radius 1 is 1.00 bits per heavy atom. The maximum atomic E-state index is 12.8. The van der Waals surface area contributed by atoms with Crippen LogP contribution in [0.15, 0.2) is 59.5 Å². The van der Waals surface area contributed by atoms with Gasteiger partial charge in [0.05, 0.1) is 18.1 Å². The number of sulfonamides is 1. The Morgan fingerprint density at radius 2 is 1.69 bits per heavy atom. The standard InChI is InChI=1S/C22H31N3O3S/c1-24(19-21-6-3-2-4-7-21)29(26,27)22-10-8-20(9-11-22)18-23-12-5-13-25-14-16-28-17-15-25/h2-4,6-11,23H,5,12-19H2,1H3. The summed E-state index contributed by atoms with van der Waals surface area (Å²) < 4.78 is 32.3. The minimum atomic E-state index is -3.50. The third-order valence-corrected chi connectivity index (χ3v) is 6.96. The fourth-order valence-corrected chi connectivity index (χ4v) is 4.53. The maximum absolute atomic E-state index is 12.8. The van der Waals surface area contributed by atoms with E-state index in [1.807, 2.05) is 42.5 Å². The summed E-state index contributed by atoms with van der Waals surface area (Å²) in [5.41, 5.74) is 2.05. The van der Waals surface area contributed by atoms with Crippen molar-refractivity contribution in [3.63, 3.8) is 0 Å². The SMILES string of the molecule is CN(Cc1ccccc1)S(=O)(=O)c1ccc(CNCCCN2CCOCC2)cc1. The van der Waals surface area contributed by atoms with Crippen LogP contribution in [0.4, 0.5) is 0 Å². The van der Waals surface area contributed by atoms with Gasteiger partial charge >= 0.3 is 0 Å². The van der Waals surface area contributed by atoms with E-state index >= 15 is 0 Å². The van der Waals surface area contributed by atoms with E-state index in [-0.39, 0.29) is 0 Å². The van der Waals surface area contributed by atoms with Crippen molar-refractivity contribution in [2.75, 3.05) is 46.4 Å². The van der Waals surface area contributed by atoms with Crippen molar-refractivity contribution in [2.24, 2.45) is 0 Å². The normalized spacial score (nSPS) is 15.7. The quantitative estimate of drug-likeness (QED) is 0.601. The predicted molar refractivity (Wildman–Crippen MR) is 115 cm³/mol. The highest BCUT2D eigenvalue weighted by Crippen LogP contribution is 2.17. The van der Waals surface area contributed by atoms with Gasteiger partial charge in [-0.2, -0.15) is 4.31 Å². The van der Waals surface area contributed by atoms with Crippen LogP contribution in [0, 0.1) is 0 Å². The first-order chi connectivity index (χ1) is 14.1. The van der Waals surface area contributed by atoms with Gasteiger partial charge in [-0.25, -0.2) is 8.42 Å². The van der Waals surface area contributed by atoms with Crippen LogP contribution in [-0.2, 0) is 27.8 Å². The van der Waals surface area contributed by atoms with Crippen LogP contribution in [0.25, 0.3) is 0 Å². The van der Waals surface area contributed by atoms with Gasteiger partial charge < -0.3 is 10.1 Å². The maximum Gasteiger partial charge on any atom is 0.243 e. The lowest BCUT2D eigenvalue weighted by Gasteiger charge is -2.26. The number of nitrogens with one attached hydrogen (secondary N) is 1. The topological polar surface area (TPSA) is 61.9 Å². The first kappa shape index (κ1) is 21.9. The highest BCUT2D eigenvalue weighted by Gasteiger charge is 2.20. The molecule has 0 radical (unpaired) electrons. The van der Waals surface area contributed by atoms with Gasteiger partial charge in [0.15, 0.2) is 0 Å². The molecule has 0 saturated carbocycles. The molecule has 3 rings (SSSR count). The van der Waals surface area contributed by atoms with Gasteiger partial charge in [-0.1, -0.05) is 42.5 Å². The van der Waals surface area contributed by atoms with E-state index in [0.717, 1.165) is 63.5 Å². The minimum Gasteiger partial charge on any atom is -0.379 e. The Balaban J connectivity index is 1.44. The monoisotopic (exact) mass is 417 g/mol. The Bertz CT molecular complexity index is 835. The van der Waals surface area contributed by atoms with Crippen molar-refractivity contribution in [2.45, 2.75) is 24.4 Å². The summed E-state index contributed by atoms with van der Waals surface area (Å²) in [7, 11) is -1.88. The molecule has 2 aromatic rings. The highest BCUT2D eigenvalue weighted by atomic mass is 32.2. The second-order valence-electron chi connectivity index (χ2n) is 7.37. The Labute approximate surface area is 174 Å². The van der Waals surface area contributed by atoms with Crippen LogP contribution < -0.4 is 5.32 Å². The van der Waals surface area contributed by atoms with Crippen molar-refractivity contribution >= 4 is 10.0 Å². The molecule has 0 unspecified atom stereocenters. The molecule has 29 heavy (non-hydrogen) atoms. The summed E-state index contributed by atoms with van der Waals surface area (Å²) in [4.78, 5) is 2.75. The van der Waals surface area contributed by atoms with Crippen LogP contribution in [0.5, 0.6) is 0 Å². The number of morpholine rings is 1. The number of benzene rings is 2. The van der Waals surface area contributed by atoms with Crippen LogP contribution in [-0.4, -0.2) is 64.1 Å². The largest absolute Gasteiger partial charge is 0.379 e. The van der Waals surface area contributed by atoms with Crippen LogP contribution >= 0.6 is 0 Å². The smallest absolute Gasteiger partial charge is 0.243 e. The van der Waals surface area contributed by atoms with Crippen LogP contribution in [0.3, 0.4) is 0 Å². The summed E-state index contributed by atoms with van der Waals surface area (Å²) in [5, 5.41) is 3.44. The number of nitrogens with zero attached hydrogens (tertiary/aromatic N) is 2. The van der Waals surface area contributed by atoms with E-state index in [1.54, 1.807) is 19.2 Å². The van der Waals surface area contributed by atoms with Crippen molar-refractivity contribution in [1.82, 2.24) is 14.5 Å². The van der Waals surface area contributed by atoms with E-state index in [2.05, 4.69) is 10.2 Å². The van der Waals surface area contributed by atoms with Crippen molar-refractivity contribution < 1.29 is 13.2 Å². The molecule has 7 heteroatoms. The lowest BCUT2D eigenvalue weighted by molar-refractivity contribution is 0.0374. The molecule has 1 saturated heterocycles. The molecule has 1 N–H and O–H groups in total. The molecule has 0 bridgehead atoms. The molecule has 158 valence electrons. The highest BCUT2D eigenvalue weighted by molar-refractivity contribution is 7.89. The van der Waals surface area contributed by atoms with Gasteiger partial charge in [-0.05, 0) is 42.8 Å². The molecular weight excluding hydrogens is 386 g/mol. The first-order valence-corrected chi connectivity index (χ1v) is 11.6. The van der Waals surface area contributed by atoms with E-state index in [9.17, 15) is 8.42 Å². The molecule has 0 aromatic heterocycles. The van der Waals surface area contributed by atoms with Gasteiger partial charge in [0.2, 0.25) is 10.0 Å². The lowest BCUT2D eigenvalue weighted by Crippen LogP contribution is -2.37. The molecule has 1 aliphatic heterocycles. The Morgan fingerprint density at radius 3 is 2.38 bits per heavy atom. The average molecular weight is 418 g/mol. The third kappa shape index (κ3) is 6.62. The van der Waals surface area contributed by atoms with Crippen LogP contribution in [0.1, 0.15) is 17.5 Å². The zero-order valence-corrected chi connectivity index (χ0v) is 17.9. The fourth-order valence-electron chi connectivity index (χ4n) is 3.37. The van der Waals surface area contributed by atoms with Crippen molar-refractivity contribution in [3.8, 4) is 0 Å². The lowest BCUT2D eigenvalue weighted by atomic mass is 10.2. The van der Waals surface area contributed by atoms with Crippen molar-refractivity contribution in [1.29, 1.82) is 0 Å². The summed E-state index contributed by atoms with van der Waals surface area (Å²) in [6.45, 7) is 6.84. The third-order valence-electron chi connectivity index (χ3n) is 5.14. The van der Waals surface area contributed by atoms with E-state index in [0.29, 0.717) is 11.4 Å². The molecule has 0 atom stereocenters. The number of ether oxygens (including phenoxy) is 1. The molecule has 0 spiro atoms. The molecule has 0 aliphatic carbocycles. The predicted octanol–water partition coefficient (Wildman–Crippen LogP) is 2.32. The summed E-state index contributed by atoms with van der Waals surface area (Å²) >= 11 is 0. The summed E-state index contributed by atoms with van der Waals surface area (Å²) in [6, 6.07) is 16.8. The van der Waals surface area contributed by atoms with Gasteiger partial charge in [0.1, 0.15) is 0 Å².